The van der Waals surface area contributed by atoms with Crippen LogP contribution in [0.5, 0.6) is 0 Å². The van der Waals surface area contributed by atoms with Crippen LogP contribution in [0.2, 0.25) is 0 Å². The first kappa shape index (κ1) is 25.4. The molecule has 4 aliphatic heterocycles. The number of benzene rings is 2. The average molecular weight is 505 g/mol. The number of hydrogen-bond acceptors (Lipinski definition) is 5. The molecule has 6 rings (SSSR count). The maximum absolute atomic E-state index is 12.9. The Morgan fingerprint density at radius 2 is 1.68 bits per heavy atom. The molecule has 2 amide bonds. The summed E-state index contributed by atoms with van der Waals surface area (Å²) in [7, 11) is 0. The third-order valence-electron chi connectivity index (χ3n) is 8.22. The van der Waals surface area contributed by atoms with Gasteiger partial charge in [0.1, 0.15) is 5.60 Å². The maximum atomic E-state index is 12.9. The van der Waals surface area contributed by atoms with Gasteiger partial charge in [-0.1, -0.05) is 25.1 Å². The largest absolute Gasteiger partial charge is 0.444 e. The summed E-state index contributed by atoms with van der Waals surface area (Å²) in [6, 6.07) is 17.4. The van der Waals surface area contributed by atoms with Gasteiger partial charge in [-0.25, -0.2) is 4.79 Å². The predicted molar refractivity (Wildman–Crippen MR) is 148 cm³/mol. The van der Waals surface area contributed by atoms with E-state index in [0.29, 0.717) is 6.54 Å². The highest BCUT2D eigenvalue weighted by Crippen LogP contribution is 2.45. The van der Waals surface area contributed by atoms with E-state index in [9.17, 15) is 9.59 Å². The van der Waals surface area contributed by atoms with Crippen LogP contribution in [0.15, 0.2) is 48.5 Å². The van der Waals surface area contributed by atoms with Crippen LogP contribution in [0.3, 0.4) is 0 Å². The summed E-state index contributed by atoms with van der Waals surface area (Å²) in [6.45, 7) is 13.2. The Morgan fingerprint density at radius 3 is 2.30 bits per heavy atom. The molecule has 3 fully saturated rings. The van der Waals surface area contributed by atoms with Crippen LogP contribution < -0.4 is 15.1 Å². The lowest BCUT2D eigenvalue weighted by Crippen LogP contribution is -2.64. The molecule has 0 aliphatic carbocycles. The lowest BCUT2D eigenvalue weighted by atomic mass is 9.82. The lowest BCUT2D eigenvalue weighted by Gasteiger charge is -2.52. The number of para-hydroxylation sites is 1. The van der Waals surface area contributed by atoms with Crippen LogP contribution in [0.25, 0.3) is 0 Å². The number of carbonyl (C=O) groups is 2. The summed E-state index contributed by atoms with van der Waals surface area (Å²) >= 11 is 0. The highest BCUT2D eigenvalue weighted by molar-refractivity contribution is 5.94. The first-order chi connectivity index (χ1) is 17.5. The average Bonchev–Trinajstić information content (AvgIpc) is 2.86. The lowest BCUT2D eigenvalue weighted by molar-refractivity contribution is -0.117. The number of hydrogen-bond donors (Lipinski definition) is 1. The molecule has 0 aromatic heterocycles. The van der Waals surface area contributed by atoms with Gasteiger partial charge in [0.15, 0.2) is 0 Å². The predicted octanol–water partition coefficient (Wildman–Crippen LogP) is 5.82. The van der Waals surface area contributed by atoms with Crippen molar-refractivity contribution < 1.29 is 14.3 Å². The number of anilines is 3. The van der Waals surface area contributed by atoms with E-state index in [1.54, 1.807) is 6.92 Å². The van der Waals surface area contributed by atoms with Gasteiger partial charge in [0, 0.05) is 60.6 Å². The second-order valence-corrected chi connectivity index (χ2v) is 11.9. The molecular formula is C30H40N4O3. The van der Waals surface area contributed by atoms with Crippen LogP contribution in [0, 0.1) is 5.92 Å². The second kappa shape index (κ2) is 9.58. The molecule has 2 aromatic rings. The first-order valence-corrected chi connectivity index (χ1v) is 13.5. The van der Waals surface area contributed by atoms with Crippen molar-refractivity contribution in [1.29, 1.82) is 0 Å². The van der Waals surface area contributed by atoms with E-state index >= 15 is 0 Å². The number of rotatable bonds is 3. The van der Waals surface area contributed by atoms with Crippen LogP contribution in [-0.2, 0) is 9.53 Å². The van der Waals surface area contributed by atoms with E-state index in [4.69, 9.17) is 4.74 Å². The van der Waals surface area contributed by atoms with E-state index in [-0.39, 0.29) is 42.1 Å². The fourth-order valence-electron chi connectivity index (χ4n) is 6.27. The van der Waals surface area contributed by atoms with Crippen molar-refractivity contribution in [3.63, 3.8) is 0 Å². The second-order valence-electron chi connectivity index (χ2n) is 11.9. The van der Waals surface area contributed by atoms with E-state index in [1.807, 2.05) is 48.8 Å². The van der Waals surface area contributed by atoms with Crippen molar-refractivity contribution in [3.05, 3.63) is 54.1 Å². The van der Waals surface area contributed by atoms with E-state index in [1.165, 1.54) is 0 Å². The molecule has 7 heteroatoms. The molecule has 4 aliphatic rings. The highest BCUT2D eigenvalue weighted by Gasteiger charge is 2.44. The molecule has 3 saturated heterocycles. The van der Waals surface area contributed by atoms with Gasteiger partial charge in [-0.15, -0.1) is 0 Å². The van der Waals surface area contributed by atoms with E-state index < -0.39 is 5.60 Å². The van der Waals surface area contributed by atoms with Crippen LogP contribution in [0.4, 0.5) is 21.9 Å². The van der Waals surface area contributed by atoms with Crippen molar-refractivity contribution in [3.8, 4) is 0 Å². The molecule has 2 aromatic carbocycles. The highest BCUT2D eigenvalue weighted by atomic mass is 16.6. The zero-order valence-electron chi connectivity index (χ0n) is 22.9. The van der Waals surface area contributed by atoms with Crippen LogP contribution >= 0.6 is 0 Å². The number of nitrogens with one attached hydrogen (secondary N) is 1. The number of amides is 2. The summed E-state index contributed by atoms with van der Waals surface area (Å²) in [5, 5.41) is 3.76. The molecule has 198 valence electrons. The summed E-state index contributed by atoms with van der Waals surface area (Å²) in [6.07, 6.45) is 1.84. The standard InChI is InChI=1S/C30H40N4O3/c1-19-20(2)34(21(3)35)27-15-14-23(16-26(27)28(19)31-22-10-8-7-9-11-22)32-17-25-13-12-24(32)18-33(25)29(36)37-30(4,5)6/h7-11,14-16,19-20,24-25,28,31H,12-13,17-18H2,1-6H3. The summed E-state index contributed by atoms with van der Waals surface area (Å²) in [5.41, 5.74) is 3.86. The summed E-state index contributed by atoms with van der Waals surface area (Å²) < 4.78 is 5.69. The fourth-order valence-corrected chi connectivity index (χ4v) is 6.27. The van der Waals surface area contributed by atoms with Crippen molar-refractivity contribution >= 4 is 29.1 Å². The quantitative estimate of drug-likeness (QED) is 0.571. The Balaban J connectivity index is 1.46. The molecule has 5 atom stereocenters. The number of nitrogens with zero attached hydrogens (tertiary/aromatic N) is 3. The summed E-state index contributed by atoms with van der Waals surface area (Å²) in [5.74, 6) is 0.281. The van der Waals surface area contributed by atoms with Crippen molar-refractivity contribution in [2.24, 2.45) is 5.92 Å². The minimum absolute atomic E-state index is 0.0662. The maximum Gasteiger partial charge on any atom is 0.410 e. The van der Waals surface area contributed by atoms with E-state index in [0.717, 1.165) is 42.0 Å². The third kappa shape index (κ3) is 4.88. The topological polar surface area (TPSA) is 65.1 Å². The van der Waals surface area contributed by atoms with Gasteiger partial charge in [0.2, 0.25) is 5.91 Å². The minimum atomic E-state index is -0.497. The molecule has 0 radical (unpaired) electrons. The third-order valence-corrected chi connectivity index (χ3v) is 8.22. The SMILES string of the molecule is CC(=O)N1c2ccc(N3CC4CCC3CN4C(=O)OC(C)(C)C)cc2C(Nc2ccccc2)C(C)C1C. The van der Waals surface area contributed by atoms with Crippen molar-refractivity contribution in [2.45, 2.75) is 84.2 Å². The van der Waals surface area contributed by atoms with Crippen molar-refractivity contribution in [2.75, 3.05) is 28.2 Å². The van der Waals surface area contributed by atoms with Gasteiger partial charge >= 0.3 is 6.09 Å². The number of piperazine rings is 1. The fraction of sp³-hybridized carbons (Fsp3) is 0.533. The molecule has 2 bridgehead atoms. The minimum Gasteiger partial charge on any atom is -0.444 e. The van der Waals surface area contributed by atoms with Crippen LogP contribution in [-0.4, -0.2) is 53.7 Å². The first-order valence-electron chi connectivity index (χ1n) is 13.5. The molecule has 1 N–H and O–H groups in total. The summed E-state index contributed by atoms with van der Waals surface area (Å²) in [4.78, 5) is 31.9. The van der Waals surface area contributed by atoms with Gasteiger partial charge in [0.05, 0.1) is 12.1 Å². The Kier molecular flexibility index (Phi) is 6.59. The van der Waals surface area contributed by atoms with Gasteiger partial charge in [0.25, 0.3) is 0 Å². The normalized spacial score (nSPS) is 27.1. The zero-order chi connectivity index (χ0) is 26.5. The van der Waals surface area contributed by atoms with Gasteiger partial charge in [-0.05, 0) is 70.9 Å². The molecule has 7 nitrogen and oxygen atoms in total. The molecule has 37 heavy (non-hydrogen) atoms. The molecule has 0 spiro atoms. The van der Waals surface area contributed by atoms with E-state index in [2.05, 4.69) is 54.4 Å². The Labute approximate surface area is 220 Å². The Bertz CT molecular complexity index is 1160. The molecule has 5 unspecified atom stereocenters. The molecular weight excluding hydrogens is 464 g/mol. The monoisotopic (exact) mass is 504 g/mol. The number of fused-ring (bicyclic) bond motifs is 4. The van der Waals surface area contributed by atoms with Gasteiger partial charge in [-0.3, -0.25) is 4.79 Å². The smallest absolute Gasteiger partial charge is 0.410 e. The number of piperidine rings is 2. The zero-order valence-corrected chi connectivity index (χ0v) is 22.9. The number of carbonyl (C=O) groups excluding carboxylic acids is 2. The van der Waals surface area contributed by atoms with Crippen molar-refractivity contribution in [1.82, 2.24) is 4.90 Å². The van der Waals surface area contributed by atoms with Gasteiger partial charge < -0.3 is 24.8 Å². The Morgan fingerprint density at radius 1 is 0.973 bits per heavy atom. The molecule has 0 saturated carbocycles. The Hall–Kier alpha value is -3.22. The number of ether oxygens (including phenoxy) is 1. The van der Waals surface area contributed by atoms with Gasteiger partial charge in [-0.2, -0.15) is 0 Å². The molecule has 4 heterocycles. The van der Waals surface area contributed by atoms with Crippen LogP contribution in [0.1, 0.15) is 66.0 Å².